The third-order valence-corrected chi connectivity index (χ3v) is 4.51. The van der Waals surface area contributed by atoms with E-state index in [2.05, 4.69) is 5.16 Å². The summed E-state index contributed by atoms with van der Waals surface area (Å²) >= 11 is 0. The minimum Gasteiger partial charge on any atom is -0.364 e. The van der Waals surface area contributed by atoms with E-state index in [0.717, 1.165) is 5.56 Å². The Kier molecular flexibility index (Phi) is 3.78. The minimum atomic E-state index is -0.224. The van der Waals surface area contributed by atoms with E-state index < -0.39 is 0 Å². The summed E-state index contributed by atoms with van der Waals surface area (Å²) < 4.78 is 10.6. The Labute approximate surface area is 138 Å². The molecule has 0 radical (unpaired) electrons. The van der Waals surface area contributed by atoms with Gasteiger partial charge in [-0.15, -0.1) is 0 Å². The Bertz CT molecular complexity index is 732. The van der Waals surface area contributed by atoms with Crippen molar-refractivity contribution in [2.24, 2.45) is 0 Å². The summed E-state index contributed by atoms with van der Waals surface area (Å²) in [5.74, 6) is -0.0683. The van der Waals surface area contributed by atoms with Crippen LogP contribution in [-0.4, -0.2) is 58.6 Å². The molecule has 0 bridgehead atoms. The first-order chi connectivity index (χ1) is 11.7. The smallest absolute Gasteiger partial charge is 0.292 e. The molecule has 7 nitrogen and oxygen atoms in total. The Balaban J connectivity index is 1.52. The normalized spacial score (nSPS) is 23.4. The molecule has 1 aromatic carbocycles. The number of aromatic nitrogens is 1. The highest BCUT2D eigenvalue weighted by Gasteiger charge is 2.45. The van der Waals surface area contributed by atoms with Crippen molar-refractivity contribution in [1.82, 2.24) is 15.0 Å². The number of benzene rings is 1. The van der Waals surface area contributed by atoms with Crippen LogP contribution in [0.5, 0.6) is 0 Å². The number of likely N-dealkylation sites (tertiary alicyclic amines) is 1. The predicted molar refractivity (Wildman–Crippen MR) is 82.9 cm³/mol. The molecule has 2 saturated heterocycles. The quantitative estimate of drug-likeness (QED) is 0.838. The molecule has 124 valence electrons. The average molecular weight is 327 g/mol. The fourth-order valence-corrected chi connectivity index (χ4v) is 3.30. The molecule has 1 aromatic heterocycles. The first kappa shape index (κ1) is 14.9. The topological polar surface area (TPSA) is 75.9 Å². The maximum absolute atomic E-state index is 12.4. The van der Waals surface area contributed by atoms with Crippen LogP contribution in [0.4, 0.5) is 0 Å². The molecule has 2 aliphatic heterocycles. The zero-order chi connectivity index (χ0) is 16.5. The van der Waals surface area contributed by atoms with Gasteiger partial charge in [0, 0.05) is 25.7 Å². The van der Waals surface area contributed by atoms with Crippen molar-refractivity contribution >= 4 is 11.8 Å². The lowest BCUT2D eigenvalue weighted by Crippen LogP contribution is -2.53. The van der Waals surface area contributed by atoms with Gasteiger partial charge >= 0.3 is 0 Å². The van der Waals surface area contributed by atoms with E-state index in [1.807, 2.05) is 35.2 Å². The highest BCUT2D eigenvalue weighted by molar-refractivity contribution is 5.91. The standard InChI is InChI=1S/C17H17N3O4/c21-16-11-23-15-10-19(17(22)14-6-7-18-24-14)9-13(15)20(16)8-12-4-2-1-3-5-12/h1-7,13,15H,8-11H2/t13-,15+/m1/s1. The summed E-state index contributed by atoms with van der Waals surface area (Å²) in [7, 11) is 0. The van der Waals surface area contributed by atoms with E-state index >= 15 is 0 Å². The SMILES string of the molecule is O=C(c1ccno1)N1C[C@@H]2OCC(=O)N(Cc3ccccc3)[C@@H]2C1. The molecule has 0 aliphatic carbocycles. The van der Waals surface area contributed by atoms with Gasteiger partial charge in [0.2, 0.25) is 11.7 Å². The van der Waals surface area contributed by atoms with E-state index in [-0.39, 0.29) is 36.3 Å². The third kappa shape index (κ3) is 2.67. The van der Waals surface area contributed by atoms with Crippen LogP contribution in [-0.2, 0) is 16.1 Å². The molecule has 24 heavy (non-hydrogen) atoms. The van der Waals surface area contributed by atoms with Gasteiger partial charge in [0.15, 0.2) is 0 Å². The maximum Gasteiger partial charge on any atom is 0.292 e. The second-order valence-electron chi connectivity index (χ2n) is 6.01. The Morgan fingerprint density at radius 1 is 1.21 bits per heavy atom. The number of morpholine rings is 1. The van der Waals surface area contributed by atoms with E-state index in [1.165, 1.54) is 12.3 Å². The molecule has 0 N–H and O–H groups in total. The van der Waals surface area contributed by atoms with Crippen molar-refractivity contribution in [3.05, 3.63) is 53.9 Å². The summed E-state index contributed by atoms with van der Waals surface area (Å²) in [5, 5.41) is 3.57. The lowest BCUT2D eigenvalue weighted by Gasteiger charge is -2.36. The summed E-state index contributed by atoms with van der Waals surface area (Å²) in [6.07, 6.45) is 1.27. The molecule has 3 heterocycles. The van der Waals surface area contributed by atoms with Crippen LogP contribution in [0.2, 0.25) is 0 Å². The van der Waals surface area contributed by atoms with Crippen LogP contribution in [0.3, 0.4) is 0 Å². The van der Waals surface area contributed by atoms with Gasteiger partial charge < -0.3 is 19.1 Å². The highest BCUT2D eigenvalue weighted by atomic mass is 16.5. The number of hydrogen-bond acceptors (Lipinski definition) is 5. The molecule has 2 amide bonds. The predicted octanol–water partition coefficient (Wildman–Crippen LogP) is 0.927. The number of ether oxygens (including phenoxy) is 1. The van der Waals surface area contributed by atoms with Crippen LogP contribution < -0.4 is 0 Å². The van der Waals surface area contributed by atoms with Gasteiger partial charge in [0.25, 0.3) is 5.91 Å². The van der Waals surface area contributed by atoms with Gasteiger partial charge in [0.05, 0.1) is 18.3 Å². The number of hydrogen-bond donors (Lipinski definition) is 0. The van der Waals surface area contributed by atoms with Gasteiger partial charge in [-0.05, 0) is 5.56 Å². The van der Waals surface area contributed by atoms with Crippen molar-refractivity contribution in [1.29, 1.82) is 0 Å². The summed E-state index contributed by atoms with van der Waals surface area (Å²) in [6, 6.07) is 11.2. The minimum absolute atomic E-state index is 0.0472. The van der Waals surface area contributed by atoms with Gasteiger partial charge in [-0.2, -0.15) is 0 Å². The van der Waals surface area contributed by atoms with E-state index in [4.69, 9.17) is 9.26 Å². The summed E-state index contributed by atoms with van der Waals surface area (Å²) in [5.41, 5.74) is 1.06. The second-order valence-corrected chi connectivity index (χ2v) is 6.01. The van der Waals surface area contributed by atoms with Crippen LogP contribution >= 0.6 is 0 Å². The van der Waals surface area contributed by atoms with Crippen molar-refractivity contribution in [3.8, 4) is 0 Å². The molecule has 0 spiro atoms. The van der Waals surface area contributed by atoms with E-state index in [9.17, 15) is 9.59 Å². The molecular weight excluding hydrogens is 310 g/mol. The summed E-state index contributed by atoms with van der Waals surface area (Å²) in [6.45, 7) is 1.46. The number of amides is 2. The van der Waals surface area contributed by atoms with Gasteiger partial charge in [0.1, 0.15) is 6.61 Å². The van der Waals surface area contributed by atoms with Crippen molar-refractivity contribution < 1.29 is 18.8 Å². The lowest BCUT2D eigenvalue weighted by molar-refractivity contribution is -0.153. The van der Waals surface area contributed by atoms with Crippen LogP contribution in [0.25, 0.3) is 0 Å². The molecule has 2 aromatic rings. The Morgan fingerprint density at radius 3 is 2.79 bits per heavy atom. The first-order valence-electron chi connectivity index (χ1n) is 7.87. The lowest BCUT2D eigenvalue weighted by atomic mass is 10.1. The fraction of sp³-hybridized carbons (Fsp3) is 0.353. The number of fused-ring (bicyclic) bond motifs is 1. The zero-order valence-corrected chi connectivity index (χ0v) is 13.0. The van der Waals surface area contributed by atoms with Crippen molar-refractivity contribution in [2.45, 2.75) is 18.7 Å². The average Bonchev–Trinajstić information content (AvgIpc) is 3.27. The fourth-order valence-electron chi connectivity index (χ4n) is 3.30. The van der Waals surface area contributed by atoms with Gasteiger partial charge in [-0.3, -0.25) is 9.59 Å². The van der Waals surface area contributed by atoms with Crippen LogP contribution in [0.15, 0.2) is 47.1 Å². The Hall–Kier alpha value is -2.67. The van der Waals surface area contributed by atoms with Crippen molar-refractivity contribution in [3.63, 3.8) is 0 Å². The number of nitrogens with zero attached hydrogens (tertiary/aromatic N) is 3. The largest absolute Gasteiger partial charge is 0.364 e. The third-order valence-electron chi connectivity index (χ3n) is 4.51. The van der Waals surface area contributed by atoms with E-state index in [0.29, 0.717) is 19.6 Å². The van der Waals surface area contributed by atoms with E-state index in [1.54, 1.807) is 4.90 Å². The summed E-state index contributed by atoms with van der Waals surface area (Å²) in [4.78, 5) is 28.2. The Morgan fingerprint density at radius 2 is 2.04 bits per heavy atom. The molecule has 2 fully saturated rings. The zero-order valence-electron chi connectivity index (χ0n) is 13.0. The van der Waals surface area contributed by atoms with Crippen molar-refractivity contribution in [2.75, 3.05) is 19.7 Å². The molecule has 2 aliphatic rings. The molecule has 0 saturated carbocycles. The highest BCUT2D eigenvalue weighted by Crippen LogP contribution is 2.26. The van der Waals surface area contributed by atoms with Gasteiger partial charge in [-0.1, -0.05) is 35.5 Å². The first-order valence-corrected chi connectivity index (χ1v) is 7.87. The molecule has 4 rings (SSSR count). The number of carbonyl (C=O) groups excluding carboxylic acids is 2. The number of carbonyl (C=O) groups is 2. The molecule has 0 unspecified atom stereocenters. The monoisotopic (exact) mass is 327 g/mol. The molecule has 7 heteroatoms. The molecular formula is C17H17N3O4. The number of rotatable bonds is 3. The van der Waals surface area contributed by atoms with Gasteiger partial charge in [-0.25, -0.2) is 0 Å². The van der Waals surface area contributed by atoms with Crippen LogP contribution in [0, 0.1) is 0 Å². The van der Waals surface area contributed by atoms with Crippen LogP contribution in [0.1, 0.15) is 16.1 Å². The maximum atomic E-state index is 12.4. The molecule has 2 atom stereocenters. The second kappa shape index (κ2) is 6.09.